The zero-order valence-electron chi connectivity index (χ0n) is 12.8. The smallest absolute Gasteiger partial charge is 0.223 e. The molecule has 0 unspecified atom stereocenters. The molecule has 1 aliphatic heterocycles. The van der Waals surface area contributed by atoms with Crippen molar-refractivity contribution >= 4 is 5.91 Å². The summed E-state index contributed by atoms with van der Waals surface area (Å²) < 4.78 is 2.08. The first-order valence-corrected chi connectivity index (χ1v) is 8.27. The minimum Gasteiger partial charge on any atom is -0.350 e. The molecule has 1 aromatic rings. The number of amides is 1. The van der Waals surface area contributed by atoms with Gasteiger partial charge in [-0.3, -0.25) is 9.48 Å². The summed E-state index contributed by atoms with van der Waals surface area (Å²) in [5.74, 6) is 0.330. The molecule has 2 fully saturated rings. The molecule has 0 radical (unpaired) electrons. The molecule has 1 amide bonds. The Hall–Kier alpha value is -1.36. The minimum atomic E-state index is 0.151. The van der Waals surface area contributed by atoms with E-state index in [0.717, 1.165) is 25.1 Å². The van der Waals surface area contributed by atoms with E-state index in [-0.39, 0.29) is 11.8 Å². The van der Waals surface area contributed by atoms with Crippen molar-refractivity contribution in [2.75, 3.05) is 6.54 Å². The van der Waals surface area contributed by atoms with Gasteiger partial charge in [0.1, 0.15) is 0 Å². The Labute approximate surface area is 126 Å². The van der Waals surface area contributed by atoms with E-state index in [1.165, 1.54) is 25.7 Å². The number of piperidine rings is 1. The van der Waals surface area contributed by atoms with E-state index in [9.17, 15) is 4.79 Å². The first-order valence-electron chi connectivity index (χ1n) is 8.27. The predicted octanol–water partition coefficient (Wildman–Crippen LogP) is 2.00. The second-order valence-corrected chi connectivity index (χ2v) is 6.52. The molecule has 116 valence electrons. The Morgan fingerprint density at radius 2 is 2.24 bits per heavy atom. The van der Waals surface area contributed by atoms with E-state index < -0.39 is 0 Å². The van der Waals surface area contributed by atoms with Gasteiger partial charge < -0.3 is 10.6 Å². The molecule has 1 aromatic heterocycles. The molecule has 1 saturated heterocycles. The van der Waals surface area contributed by atoms with Gasteiger partial charge in [0.2, 0.25) is 5.91 Å². The number of aromatic nitrogens is 2. The average Bonchev–Trinajstić information content (AvgIpc) is 3.15. The summed E-state index contributed by atoms with van der Waals surface area (Å²) in [5.41, 5.74) is 0.970. The van der Waals surface area contributed by atoms with E-state index >= 15 is 0 Å². The maximum atomic E-state index is 12.2. The molecule has 0 aromatic carbocycles. The zero-order valence-corrected chi connectivity index (χ0v) is 12.8. The van der Waals surface area contributed by atoms with Crippen LogP contribution in [0.1, 0.15) is 57.2 Å². The van der Waals surface area contributed by atoms with Crippen molar-refractivity contribution < 1.29 is 4.79 Å². The molecule has 5 heteroatoms. The van der Waals surface area contributed by atoms with Gasteiger partial charge in [0.25, 0.3) is 0 Å². The third-order valence-electron chi connectivity index (χ3n) is 4.80. The standard InChI is InChI=1S/C16H26N4O/c1-12-10-13(6-8-17-12)16(21)18-11-14-7-9-20(19-14)15-4-2-3-5-15/h7,9,12-13,15,17H,2-6,8,10-11H2,1H3,(H,18,21)/t12-,13-/m0/s1. The summed E-state index contributed by atoms with van der Waals surface area (Å²) in [5, 5.41) is 11.0. The highest BCUT2D eigenvalue weighted by Crippen LogP contribution is 2.28. The maximum Gasteiger partial charge on any atom is 0.223 e. The number of hydrogen-bond acceptors (Lipinski definition) is 3. The minimum absolute atomic E-state index is 0.151. The highest BCUT2D eigenvalue weighted by molar-refractivity contribution is 5.78. The number of carbonyl (C=O) groups excluding carboxylic acids is 1. The van der Waals surface area contributed by atoms with Crippen molar-refractivity contribution in [2.24, 2.45) is 5.92 Å². The number of nitrogens with one attached hydrogen (secondary N) is 2. The predicted molar refractivity (Wildman–Crippen MR) is 81.8 cm³/mol. The summed E-state index contributed by atoms with van der Waals surface area (Å²) in [6.45, 7) is 3.63. The third kappa shape index (κ3) is 3.64. The van der Waals surface area contributed by atoms with Crippen molar-refractivity contribution in [1.82, 2.24) is 20.4 Å². The number of carbonyl (C=O) groups is 1. The van der Waals surface area contributed by atoms with Crippen LogP contribution in [0.3, 0.4) is 0 Å². The third-order valence-corrected chi connectivity index (χ3v) is 4.80. The molecule has 21 heavy (non-hydrogen) atoms. The van der Waals surface area contributed by atoms with Crippen LogP contribution in [0.2, 0.25) is 0 Å². The lowest BCUT2D eigenvalue weighted by molar-refractivity contribution is -0.126. The Bertz CT molecular complexity index is 478. The Balaban J connectivity index is 1.49. The molecule has 1 saturated carbocycles. The molecular formula is C16H26N4O. The zero-order chi connectivity index (χ0) is 14.7. The first kappa shape index (κ1) is 14.6. The van der Waals surface area contributed by atoms with Gasteiger partial charge in [0.15, 0.2) is 0 Å². The van der Waals surface area contributed by atoms with Crippen LogP contribution in [-0.2, 0) is 11.3 Å². The van der Waals surface area contributed by atoms with Crippen LogP contribution in [0, 0.1) is 5.92 Å². The lowest BCUT2D eigenvalue weighted by atomic mass is 9.92. The lowest BCUT2D eigenvalue weighted by Crippen LogP contribution is -2.42. The van der Waals surface area contributed by atoms with Gasteiger partial charge in [-0.1, -0.05) is 12.8 Å². The topological polar surface area (TPSA) is 59.0 Å². The van der Waals surface area contributed by atoms with Gasteiger partial charge >= 0.3 is 0 Å². The first-order chi connectivity index (χ1) is 10.2. The summed E-state index contributed by atoms with van der Waals surface area (Å²) in [7, 11) is 0. The van der Waals surface area contributed by atoms with Crippen LogP contribution in [0.15, 0.2) is 12.3 Å². The fourth-order valence-electron chi connectivity index (χ4n) is 3.54. The van der Waals surface area contributed by atoms with Crippen LogP contribution in [-0.4, -0.2) is 28.3 Å². The highest BCUT2D eigenvalue weighted by atomic mass is 16.1. The van der Waals surface area contributed by atoms with E-state index in [4.69, 9.17) is 0 Å². The van der Waals surface area contributed by atoms with Crippen molar-refractivity contribution in [3.05, 3.63) is 18.0 Å². The van der Waals surface area contributed by atoms with Crippen LogP contribution in [0.4, 0.5) is 0 Å². The Morgan fingerprint density at radius 1 is 1.43 bits per heavy atom. The van der Waals surface area contributed by atoms with Crippen LogP contribution < -0.4 is 10.6 Å². The van der Waals surface area contributed by atoms with Crippen LogP contribution >= 0.6 is 0 Å². The molecular weight excluding hydrogens is 264 g/mol. The Kier molecular flexibility index (Phi) is 4.58. The quantitative estimate of drug-likeness (QED) is 0.891. The van der Waals surface area contributed by atoms with Gasteiger partial charge in [0.05, 0.1) is 18.3 Å². The molecule has 2 aliphatic rings. The molecule has 2 N–H and O–H groups in total. The molecule has 3 rings (SSSR count). The molecule has 2 atom stereocenters. The summed E-state index contributed by atoms with van der Waals surface area (Å²) in [6.07, 6.45) is 9.02. The van der Waals surface area contributed by atoms with Crippen molar-refractivity contribution in [3.63, 3.8) is 0 Å². The Morgan fingerprint density at radius 3 is 3.00 bits per heavy atom. The molecule has 1 aliphatic carbocycles. The van der Waals surface area contributed by atoms with Crippen molar-refractivity contribution in [1.29, 1.82) is 0 Å². The van der Waals surface area contributed by atoms with E-state index in [1.54, 1.807) is 0 Å². The summed E-state index contributed by atoms with van der Waals surface area (Å²) in [6, 6.07) is 3.04. The van der Waals surface area contributed by atoms with E-state index in [2.05, 4.69) is 33.5 Å². The van der Waals surface area contributed by atoms with Crippen molar-refractivity contribution in [2.45, 2.75) is 64.1 Å². The molecule has 2 heterocycles. The largest absolute Gasteiger partial charge is 0.350 e. The average molecular weight is 290 g/mol. The second-order valence-electron chi connectivity index (χ2n) is 6.52. The van der Waals surface area contributed by atoms with Gasteiger partial charge in [-0.2, -0.15) is 5.10 Å². The maximum absolute atomic E-state index is 12.2. The van der Waals surface area contributed by atoms with E-state index in [0.29, 0.717) is 18.6 Å². The van der Waals surface area contributed by atoms with Gasteiger partial charge in [0, 0.05) is 18.2 Å². The number of rotatable bonds is 4. The fourth-order valence-corrected chi connectivity index (χ4v) is 3.54. The summed E-state index contributed by atoms with van der Waals surface area (Å²) in [4.78, 5) is 12.2. The van der Waals surface area contributed by atoms with Crippen LogP contribution in [0.25, 0.3) is 0 Å². The van der Waals surface area contributed by atoms with Gasteiger partial charge in [-0.05, 0) is 45.2 Å². The number of nitrogens with zero attached hydrogens (tertiary/aromatic N) is 2. The van der Waals surface area contributed by atoms with Crippen molar-refractivity contribution in [3.8, 4) is 0 Å². The molecule has 0 bridgehead atoms. The molecule has 5 nitrogen and oxygen atoms in total. The second kappa shape index (κ2) is 6.60. The number of hydrogen-bond donors (Lipinski definition) is 2. The molecule has 0 spiro atoms. The lowest BCUT2D eigenvalue weighted by Gasteiger charge is -2.26. The fraction of sp³-hybridized carbons (Fsp3) is 0.750. The van der Waals surface area contributed by atoms with Crippen LogP contribution in [0.5, 0.6) is 0 Å². The van der Waals surface area contributed by atoms with Gasteiger partial charge in [-0.15, -0.1) is 0 Å². The SMILES string of the molecule is C[C@H]1C[C@@H](C(=O)NCc2ccn(C3CCCC3)n2)CCN1. The van der Waals surface area contributed by atoms with Gasteiger partial charge in [-0.25, -0.2) is 0 Å². The normalized spacial score (nSPS) is 26.9. The highest BCUT2D eigenvalue weighted by Gasteiger charge is 2.24. The summed E-state index contributed by atoms with van der Waals surface area (Å²) >= 11 is 0. The van der Waals surface area contributed by atoms with E-state index in [1.807, 2.05) is 6.07 Å². The monoisotopic (exact) mass is 290 g/mol.